The van der Waals surface area contributed by atoms with Crippen LogP contribution in [0.2, 0.25) is 0 Å². The van der Waals surface area contributed by atoms with Gasteiger partial charge in [0.2, 0.25) is 0 Å². The third-order valence-corrected chi connectivity index (χ3v) is 5.16. The average molecular weight is 353 g/mol. The molecule has 1 aliphatic carbocycles. The number of benzene rings is 2. The fourth-order valence-electron chi connectivity index (χ4n) is 3.95. The van der Waals surface area contributed by atoms with Gasteiger partial charge in [-0.15, -0.1) is 0 Å². The molecule has 0 atom stereocenters. The van der Waals surface area contributed by atoms with Crippen molar-refractivity contribution in [3.63, 3.8) is 0 Å². The van der Waals surface area contributed by atoms with E-state index in [4.69, 9.17) is 9.47 Å². The Hall–Kier alpha value is -1.96. The Bertz CT molecular complexity index is 786. The predicted molar refractivity (Wildman–Crippen MR) is 111 cm³/mol. The first-order valence-corrected chi connectivity index (χ1v) is 10.2. The standard InChI is InChI=1S/C24H32O2/c1-5-25-23-19-12-7-8-13-20(19)24(26-6-2)22-16-18(14-15-21(22)23)11-9-10-17(3)4/h7-8,12-13,16-17H,5-6,9-11,14-15H2,1-4H3. The molecule has 0 radical (unpaired) electrons. The molecule has 3 rings (SSSR count). The summed E-state index contributed by atoms with van der Waals surface area (Å²) in [4.78, 5) is 0. The van der Waals surface area contributed by atoms with Crippen LogP contribution in [-0.4, -0.2) is 13.2 Å². The Balaban J connectivity index is 2.08. The minimum absolute atomic E-state index is 0.681. The van der Waals surface area contributed by atoms with Crippen molar-refractivity contribution in [2.24, 2.45) is 5.92 Å². The number of fused-ring (bicyclic) bond motifs is 2. The molecule has 2 nitrogen and oxygen atoms in total. The lowest BCUT2D eigenvalue weighted by Gasteiger charge is -2.25. The maximum absolute atomic E-state index is 6.14. The second-order valence-electron chi connectivity index (χ2n) is 7.55. The number of hydrogen-bond acceptors (Lipinski definition) is 2. The first-order valence-electron chi connectivity index (χ1n) is 10.2. The van der Waals surface area contributed by atoms with Crippen LogP contribution in [0.4, 0.5) is 0 Å². The minimum Gasteiger partial charge on any atom is -0.493 e. The summed E-state index contributed by atoms with van der Waals surface area (Å²) in [5.41, 5.74) is 4.12. The number of hydrogen-bond donors (Lipinski definition) is 0. The molecule has 0 amide bonds. The van der Waals surface area contributed by atoms with Gasteiger partial charge in [-0.3, -0.25) is 0 Å². The monoisotopic (exact) mass is 352 g/mol. The molecule has 0 unspecified atom stereocenters. The fourth-order valence-corrected chi connectivity index (χ4v) is 3.95. The second-order valence-corrected chi connectivity index (χ2v) is 7.55. The fraction of sp³-hybridized carbons (Fsp3) is 0.500. The average Bonchev–Trinajstić information content (AvgIpc) is 2.64. The van der Waals surface area contributed by atoms with Crippen molar-refractivity contribution < 1.29 is 9.47 Å². The van der Waals surface area contributed by atoms with Gasteiger partial charge >= 0.3 is 0 Å². The highest BCUT2D eigenvalue weighted by Gasteiger charge is 2.23. The quantitative estimate of drug-likeness (QED) is 0.520. The smallest absolute Gasteiger partial charge is 0.134 e. The van der Waals surface area contributed by atoms with Crippen molar-refractivity contribution in [1.29, 1.82) is 0 Å². The Morgan fingerprint density at radius 2 is 1.58 bits per heavy atom. The van der Waals surface area contributed by atoms with E-state index in [1.165, 1.54) is 35.8 Å². The van der Waals surface area contributed by atoms with Crippen molar-refractivity contribution in [2.75, 3.05) is 13.2 Å². The minimum atomic E-state index is 0.681. The molecule has 0 spiro atoms. The number of ether oxygens (including phenoxy) is 2. The summed E-state index contributed by atoms with van der Waals surface area (Å²) in [5.74, 6) is 2.86. The molecule has 0 aromatic heterocycles. The summed E-state index contributed by atoms with van der Waals surface area (Å²) < 4.78 is 12.3. The third-order valence-electron chi connectivity index (χ3n) is 5.16. The van der Waals surface area contributed by atoms with Crippen LogP contribution in [0, 0.1) is 5.92 Å². The summed E-state index contributed by atoms with van der Waals surface area (Å²) in [6.07, 6.45) is 8.33. The van der Waals surface area contributed by atoms with Gasteiger partial charge in [0.05, 0.1) is 13.2 Å². The Morgan fingerprint density at radius 1 is 0.923 bits per heavy atom. The summed E-state index contributed by atoms with van der Waals surface area (Å²) in [5, 5.41) is 2.34. The molecule has 2 aromatic rings. The summed E-state index contributed by atoms with van der Waals surface area (Å²) in [6.45, 7) is 10.1. The van der Waals surface area contributed by atoms with E-state index in [2.05, 4.69) is 58.0 Å². The van der Waals surface area contributed by atoms with Crippen LogP contribution in [0.15, 0.2) is 29.8 Å². The van der Waals surface area contributed by atoms with Crippen LogP contribution in [0.3, 0.4) is 0 Å². The molecule has 140 valence electrons. The SMILES string of the molecule is CCOc1c2c(c(OCC)c3ccccc13)CCC(CCCC(C)C)=C2. The Morgan fingerprint density at radius 3 is 2.23 bits per heavy atom. The molecule has 1 aliphatic rings. The van der Waals surface area contributed by atoms with Gasteiger partial charge in [0.25, 0.3) is 0 Å². The molecule has 0 fully saturated rings. The van der Waals surface area contributed by atoms with Crippen LogP contribution >= 0.6 is 0 Å². The molecule has 0 N–H and O–H groups in total. The number of allylic oxidation sites excluding steroid dienone is 1. The van der Waals surface area contributed by atoms with Gasteiger partial charge in [0.1, 0.15) is 11.5 Å². The highest BCUT2D eigenvalue weighted by atomic mass is 16.5. The largest absolute Gasteiger partial charge is 0.493 e. The lowest BCUT2D eigenvalue weighted by molar-refractivity contribution is 0.332. The Kier molecular flexibility index (Phi) is 6.24. The van der Waals surface area contributed by atoms with Gasteiger partial charge in [-0.25, -0.2) is 0 Å². The van der Waals surface area contributed by atoms with E-state index in [-0.39, 0.29) is 0 Å². The summed E-state index contributed by atoms with van der Waals surface area (Å²) in [6, 6.07) is 8.49. The van der Waals surface area contributed by atoms with E-state index >= 15 is 0 Å². The van der Waals surface area contributed by atoms with Crippen LogP contribution in [0.5, 0.6) is 11.5 Å². The van der Waals surface area contributed by atoms with Gasteiger partial charge in [0, 0.05) is 21.9 Å². The van der Waals surface area contributed by atoms with Crippen molar-refractivity contribution in [2.45, 2.75) is 59.8 Å². The van der Waals surface area contributed by atoms with Crippen molar-refractivity contribution in [3.8, 4) is 11.5 Å². The van der Waals surface area contributed by atoms with Crippen molar-refractivity contribution in [1.82, 2.24) is 0 Å². The highest BCUT2D eigenvalue weighted by Crippen LogP contribution is 2.45. The molecule has 0 saturated carbocycles. The zero-order valence-electron chi connectivity index (χ0n) is 16.7. The first kappa shape index (κ1) is 18.8. The second kappa shape index (κ2) is 8.62. The first-order chi connectivity index (χ1) is 12.7. The van der Waals surface area contributed by atoms with E-state index in [1.807, 2.05) is 0 Å². The molecule has 2 heteroatoms. The van der Waals surface area contributed by atoms with Gasteiger partial charge in [0.15, 0.2) is 0 Å². The zero-order chi connectivity index (χ0) is 18.5. The van der Waals surface area contributed by atoms with Gasteiger partial charge < -0.3 is 9.47 Å². The van der Waals surface area contributed by atoms with Crippen LogP contribution in [-0.2, 0) is 6.42 Å². The topological polar surface area (TPSA) is 18.5 Å². The predicted octanol–water partition coefficient (Wildman–Crippen LogP) is 6.79. The van der Waals surface area contributed by atoms with Crippen LogP contribution in [0.1, 0.15) is 64.5 Å². The summed E-state index contributed by atoms with van der Waals surface area (Å²) >= 11 is 0. The van der Waals surface area contributed by atoms with Crippen molar-refractivity contribution >= 4 is 16.8 Å². The zero-order valence-corrected chi connectivity index (χ0v) is 16.7. The third kappa shape index (κ3) is 3.90. The molecule has 0 saturated heterocycles. The van der Waals surface area contributed by atoms with E-state index in [9.17, 15) is 0 Å². The lowest BCUT2D eigenvalue weighted by atomic mass is 9.86. The van der Waals surface area contributed by atoms with Crippen LogP contribution < -0.4 is 9.47 Å². The maximum atomic E-state index is 6.14. The number of rotatable bonds is 8. The van der Waals surface area contributed by atoms with E-state index < -0.39 is 0 Å². The van der Waals surface area contributed by atoms with E-state index in [1.54, 1.807) is 5.57 Å². The molecule has 0 bridgehead atoms. The van der Waals surface area contributed by atoms with Gasteiger partial charge in [-0.1, -0.05) is 56.2 Å². The van der Waals surface area contributed by atoms with E-state index in [0.717, 1.165) is 35.6 Å². The molecule has 0 aliphatic heterocycles. The molecule has 0 heterocycles. The maximum Gasteiger partial charge on any atom is 0.134 e. The molecular weight excluding hydrogens is 320 g/mol. The highest BCUT2D eigenvalue weighted by molar-refractivity contribution is 5.98. The van der Waals surface area contributed by atoms with Crippen molar-refractivity contribution in [3.05, 3.63) is 41.0 Å². The van der Waals surface area contributed by atoms with Gasteiger partial charge in [-0.05, 0) is 45.4 Å². The summed E-state index contributed by atoms with van der Waals surface area (Å²) in [7, 11) is 0. The van der Waals surface area contributed by atoms with E-state index in [0.29, 0.717) is 13.2 Å². The Labute approximate surface area is 158 Å². The lowest BCUT2D eigenvalue weighted by Crippen LogP contribution is -2.08. The molecule has 2 aromatic carbocycles. The normalized spacial score (nSPS) is 13.7. The van der Waals surface area contributed by atoms with Crippen LogP contribution in [0.25, 0.3) is 16.8 Å². The molecular formula is C24H32O2. The molecule has 26 heavy (non-hydrogen) atoms. The van der Waals surface area contributed by atoms with Gasteiger partial charge in [-0.2, -0.15) is 0 Å².